The first-order chi connectivity index (χ1) is 27.7. The van der Waals surface area contributed by atoms with E-state index in [2.05, 4.69) is 48.7 Å². The topological polar surface area (TPSA) is 204 Å². The fourth-order valence-corrected chi connectivity index (χ4v) is 11.9. The van der Waals surface area contributed by atoms with Crippen LogP contribution in [0.3, 0.4) is 0 Å². The molecule has 0 aliphatic heterocycles. The number of carbonyl (C=O) groups is 2. The van der Waals surface area contributed by atoms with Gasteiger partial charge in [-0.05, 0) is 76.2 Å². The molecule has 324 valence electrons. The number of carboxylic acid groups (broad SMARTS) is 2. The summed E-state index contributed by atoms with van der Waals surface area (Å²) in [4.78, 5) is 20.8. The van der Waals surface area contributed by atoms with Gasteiger partial charge in [-0.1, -0.05) is 23.2 Å². The summed E-state index contributed by atoms with van der Waals surface area (Å²) in [6.45, 7) is 15.7. The standard InChI is InChI=1S/2C11H11ClN2O3.4C4H9.2C2H6O.2Sn/c2*1-7(11(16)17)14-13-6-10(15)8-2-4-9(12)5-3-8;4*1-3-4-2;2*1-2-3;;/h2*2-6,13,15H,1H3,(H,16,17);4*1,3-4H2,2H3;2*3H,2H2,1H3;;/q;;;;;;;;2*+2/b2*10-6-,14-7+;;;;;;;;. The molecule has 0 atom stereocenters. The fraction of sp³-hybridized carbons (Fsp3) is 0.524. The number of benzene rings is 2. The van der Waals surface area contributed by atoms with Gasteiger partial charge in [0, 0.05) is 34.4 Å². The van der Waals surface area contributed by atoms with E-state index in [0.717, 1.165) is 0 Å². The fourth-order valence-electron chi connectivity index (χ4n) is 3.34. The minimum Gasteiger partial charge on any atom is -0.397 e. The molecule has 0 saturated carbocycles. The smallest absolute Gasteiger partial charge is 0.0402 e. The Morgan fingerprint density at radius 2 is 0.793 bits per heavy atom. The van der Waals surface area contributed by atoms with E-state index in [1.54, 1.807) is 80.1 Å². The Morgan fingerprint density at radius 3 is 1.00 bits per heavy atom. The van der Waals surface area contributed by atoms with E-state index >= 15 is 0 Å². The second-order valence-corrected chi connectivity index (χ2v) is 21.3. The van der Waals surface area contributed by atoms with E-state index in [-0.39, 0.29) is 78.4 Å². The van der Waals surface area contributed by atoms with Crippen molar-refractivity contribution in [2.75, 3.05) is 13.2 Å². The number of nitrogens with zero attached hydrogens (tertiary/aromatic N) is 2. The minimum atomic E-state index is -1.13. The molecule has 0 aliphatic rings. The van der Waals surface area contributed by atoms with Crippen molar-refractivity contribution in [3.05, 3.63) is 82.1 Å². The molecule has 2 aromatic rings. The number of aliphatic carboxylic acids is 2. The molecule has 0 bridgehead atoms. The van der Waals surface area contributed by atoms with Gasteiger partial charge in [0.05, 0.1) is 12.4 Å². The van der Waals surface area contributed by atoms with Gasteiger partial charge in [0.2, 0.25) is 0 Å². The van der Waals surface area contributed by atoms with Crippen molar-refractivity contribution in [3.63, 3.8) is 0 Å². The van der Waals surface area contributed by atoms with Crippen molar-refractivity contribution in [1.82, 2.24) is 10.9 Å². The molecule has 0 amide bonds. The van der Waals surface area contributed by atoms with Gasteiger partial charge in [-0.15, -0.1) is 0 Å². The van der Waals surface area contributed by atoms with Gasteiger partial charge in [0.15, 0.2) is 0 Å². The van der Waals surface area contributed by atoms with Crippen molar-refractivity contribution in [1.29, 1.82) is 0 Å². The molecule has 16 heteroatoms. The molecular formula is C42H70Cl2N4O8Sn2+4. The summed E-state index contributed by atoms with van der Waals surface area (Å²) >= 11 is 11.7. The van der Waals surface area contributed by atoms with Gasteiger partial charge in [0.25, 0.3) is 0 Å². The zero-order valence-corrected chi connectivity index (χ0v) is 43.0. The van der Waals surface area contributed by atoms with Crippen LogP contribution in [0.1, 0.15) is 118 Å². The predicted molar refractivity (Wildman–Crippen MR) is 248 cm³/mol. The van der Waals surface area contributed by atoms with Crippen molar-refractivity contribution in [2.24, 2.45) is 10.2 Å². The summed E-state index contributed by atoms with van der Waals surface area (Å²) in [6.07, 6.45) is 14.1. The van der Waals surface area contributed by atoms with Crippen LogP contribution in [0.15, 0.2) is 71.1 Å². The Labute approximate surface area is 378 Å². The number of aliphatic hydroxyl groups is 4. The van der Waals surface area contributed by atoms with Crippen LogP contribution < -0.4 is 10.9 Å². The number of aliphatic hydroxyl groups excluding tert-OH is 4. The van der Waals surface area contributed by atoms with E-state index in [9.17, 15) is 19.8 Å². The minimum absolute atomic E-state index is 0.0661. The third kappa shape index (κ3) is 44.6. The molecule has 8 N–H and O–H groups in total. The molecule has 0 radical (unpaired) electrons. The van der Waals surface area contributed by atoms with Gasteiger partial charge in [-0.25, -0.2) is 9.59 Å². The predicted octanol–water partition coefficient (Wildman–Crippen LogP) is 10.7. The number of rotatable bonds is 20. The molecular weight excluding hydrogens is 997 g/mol. The van der Waals surface area contributed by atoms with Crippen molar-refractivity contribution in [3.8, 4) is 0 Å². The van der Waals surface area contributed by atoms with Crippen LogP contribution in [-0.4, -0.2) is 109 Å². The van der Waals surface area contributed by atoms with Crippen LogP contribution in [0.25, 0.3) is 11.5 Å². The van der Waals surface area contributed by atoms with Crippen LogP contribution in [0.5, 0.6) is 0 Å². The SMILES string of the molecule is C/C(=N\N/C=C(\O)c1ccc(Cl)cc1)C(=O)O.C/C(=N\N/C=C(\O)c1ccc(Cl)cc1)C(=O)O.CCC[CH2][Sn+2][CH2]CCC.CCC[CH2][Sn+2][CH2]CCC.CCO.CCO. The van der Waals surface area contributed by atoms with E-state index in [4.69, 9.17) is 43.6 Å². The molecule has 2 aromatic carbocycles. The molecule has 58 heavy (non-hydrogen) atoms. The molecule has 12 nitrogen and oxygen atoms in total. The number of hydrogen-bond donors (Lipinski definition) is 8. The van der Waals surface area contributed by atoms with Crippen LogP contribution in [0, 0.1) is 0 Å². The maximum absolute atomic E-state index is 10.4. The Balaban J connectivity index is -0.000000332. The van der Waals surface area contributed by atoms with Gasteiger partial charge < -0.3 is 30.6 Å². The molecule has 2 rings (SSSR count). The normalized spacial score (nSPS) is 10.7. The first-order valence-corrected chi connectivity index (χ1v) is 28.5. The molecule has 0 saturated heterocycles. The Hall–Kier alpha value is -2.50. The van der Waals surface area contributed by atoms with E-state index in [1.807, 2.05) is 0 Å². The molecule has 0 aliphatic carbocycles. The van der Waals surface area contributed by atoms with Crippen LogP contribution >= 0.6 is 23.2 Å². The van der Waals surface area contributed by atoms with Gasteiger partial charge >= 0.3 is 151 Å². The third-order valence-electron chi connectivity index (χ3n) is 6.59. The monoisotopic (exact) mass is 1070 g/mol. The summed E-state index contributed by atoms with van der Waals surface area (Å²) in [5.74, 6) is -2.39. The molecule has 0 unspecified atom stereocenters. The maximum Gasteiger partial charge on any atom is 0.0402 e. The van der Waals surface area contributed by atoms with Crippen LogP contribution in [0.2, 0.25) is 27.8 Å². The second kappa shape index (κ2) is 47.2. The Kier molecular flexibility index (Phi) is 50.6. The number of hydrazone groups is 2. The quantitative estimate of drug-likeness (QED) is 0.0207. The van der Waals surface area contributed by atoms with Crippen LogP contribution in [-0.2, 0) is 9.59 Å². The van der Waals surface area contributed by atoms with E-state index in [0.29, 0.717) is 21.2 Å². The number of carboxylic acids is 2. The maximum atomic E-state index is 10.4. The Bertz CT molecular complexity index is 1280. The van der Waals surface area contributed by atoms with Gasteiger partial charge in [-0.3, -0.25) is 10.9 Å². The number of nitrogens with one attached hydrogen (secondary N) is 2. The summed E-state index contributed by atoms with van der Waals surface area (Å²) in [7, 11) is 0. The number of hydrogen-bond acceptors (Lipinski definition) is 10. The van der Waals surface area contributed by atoms with E-state index in [1.165, 1.54) is 77.6 Å². The Morgan fingerprint density at radius 1 is 0.552 bits per heavy atom. The molecule has 0 aromatic heterocycles. The van der Waals surface area contributed by atoms with Crippen molar-refractivity contribution in [2.45, 2.75) is 125 Å². The third-order valence-corrected chi connectivity index (χ3v) is 15.2. The largest absolute Gasteiger partial charge is 0.397 e. The average Bonchev–Trinajstić information content (AvgIpc) is 3.19. The molecule has 0 heterocycles. The zero-order valence-electron chi connectivity index (χ0n) is 35.8. The van der Waals surface area contributed by atoms with Crippen molar-refractivity contribution < 1.29 is 40.2 Å². The van der Waals surface area contributed by atoms with Crippen LogP contribution in [0.4, 0.5) is 0 Å². The average molecular weight is 1070 g/mol. The van der Waals surface area contributed by atoms with Crippen molar-refractivity contribution >= 4 is 100 Å². The zero-order chi connectivity index (χ0) is 45.0. The van der Waals surface area contributed by atoms with Gasteiger partial charge in [-0.2, -0.15) is 10.2 Å². The first kappa shape index (κ1) is 62.2. The molecule has 0 fully saturated rings. The number of halogens is 2. The summed E-state index contributed by atoms with van der Waals surface area (Å²) in [6, 6.07) is 13.0. The molecule has 0 spiro atoms. The summed E-state index contributed by atoms with van der Waals surface area (Å²) in [5.41, 5.74) is 5.56. The number of unbranched alkanes of at least 4 members (excludes halogenated alkanes) is 4. The second-order valence-electron chi connectivity index (χ2n) is 11.9. The van der Waals surface area contributed by atoms with Gasteiger partial charge in [0.1, 0.15) is 22.9 Å². The first-order valence-electron chi connectivity index (χ1n) is 19.7. The summed E-state index contributed by atoms with van der Waals surface area (Å²) < 4.78 is 6.50. The summed E-state index contributed by atoms with van der Waals surface area (Å²) in [5, 5.41) is 59.5. The van der Waals surface area contributed by atoms with E-state index < -0.39 is 11.9 Å².